The van der Waals surface area contributed by atoms with Gasteiger partial charge in [-0.1, -0.05) is 11.6 Å². The minimum Gasteiger partial charge on any atom is -0.465 e. The van der Waals surface area contributed by atoms with Gasteiger partial charge in [0.05, 0.1) is 23.4 Å². The Morgan fingerprint density at radius 3 is 2.70 bits per heavy atom. The minimum absolute atomic E-state index is 0.0223. The Morgan fingerprint density at radius 1 is 1.35 bits per heavy atom. The van der Waals surface area contributed by atoms with Gasteiger partial charge in [-0.25, -0.2) is 4.79 Å². The number of amides is 1. The van der Waals surface area contributed by atoms with Crippen molar-refractivity contribution in [1.82, 2.24) is 0 Å². The minimum atomic E-state index is -0.453. The average molecular weight is 314 g/mol. The van der Waals surface area contributed by atoms with Crippen molar-refractivity contribution in [3.05, 3.63) is 28.8 Å². The third kappa shape index (κ3) is 3.67. The van der Waals surface area contributed by atoms with Crippen molar-refractivity contribution in [3.8, 4) is 0 Å². The van der Waals surface area contributed by atoms with Gasteiger partial charge >= 0.3 is 5.97 Å². The van der Waals surface area contributed by atoms with E-state index in [-0.39, 0.29) is 11.8 Å². The molecule has 1 aromatic rings. The Morgan fingerprint density at radius 2 is 2.05 bits per heavy atom. The van der Waals surface area contributed by atoms with Crippen LogP contribution < -0.4 is 5.32 Å². The SMILES string of the molecule is COC(=O)c1ccc(Cl)c(NC(=O)C2CCSCC2)c1. The Labute approximate surface area is 127 Å². The van der Waals surface area contributed by atoms with E-state index in [9.17, 15) is 9.59 Å². The highest BCUT2D eigenvalue weighted by molar-refractivity contribution is 7.99. The zero-order chi connectivity index (χ0) is 14.5. The molecule has 1 aliphatic rings. The molecule has 0 spiro atoms. The first-order chi connectivity index (χ1) is 9.61. The Bertz CT molecular complexity index is 515. The van der Waals surface area contributed by atoms with Gasteiger partial charge in [0.1, 0.15) is 0 Å². The molecular weight excluding hydrogens is 298 g/mol. The second kappa shape index (κ2) is 6.99. The van der Waals surface area contributed by atoms with Crippen LogP contribution in [0.25, 0.3) is 0 Å². The van der Waals surface area contributed by atoms with Crippen LogP contribution in [0, 0.1) is 5.92 Å². The smallest absolute Gasteiger partial charge is 0.337 e. The van der Waals surface area contributed by atoms with Gasteiger partial charge in [-0.05, 0) is 42.5 Å². The highest BCUT2D eigenvalue weighted by atomic mass is 35.5. The number of ether oxygens (including phenoxy) is 1. The predicted molar refractivity (Wildman–Crippen MR) is 81.5 cm³/mol. The molecule has 108 valence electrons. The van der Waals surface area contributed by atoms with Gasteiger partial charge < -0.3 is 10.1 Å². The summed E-state index contributed by atoms with van der Waals surface area (Å²) >= 11 is 7.92. The largest absolute Gasteiger partial charge is 0.465 e. The number of nitrogens with one attached hydrogen (secondary N) is 1. The van der Waals surface area contributed by atoms with Crippen molar-refractivity contribution in [2.24, 2.45) is 5.92 Å². The maximum atomic E-state index is 12.2. The van der Waals surface area contributed by atoms with Crippen LogP contribution >= 0.6 is 23.4 Å². The molecule has 0 radical (unpaired) electrons. The van der Waals surface area contributed by atoms with Crippen LogP contribution in [0.15, 0.2) is 18.2 Å². The third-order valence-corrected chi connectivity index (χ3v) is 4.62. The summed E-state index contributed by atoms with van der Waals surface area (Å²) in [6.07, 6.45) is 1.76. The van der Waals surface area contributed by atoms with Crippen LogP contribution in [-0.2, 0) is 9.53 Å². The van der Waals surface area contributed by atoms with Crippen LogP contribution in [0.2, 0.25) is 5.02 Å². The van der Waals surface area contributed by atoms with E-state index in [1.807, 2.05) is 11.8 Å². The average Bonchev–Trinajstić information content (AvgIpc) is 2.49. The molecule has 1 saturated heterocycles. The molecule has 4 nitrogen and oxygen atoms in total. The lowest BCUT2D eigenvalue weighted by molar-refractivity contribution is -0.120. The summed E-state index contributed by atoms with van der Waals surface area (Å²) < 4.78 is 4.65. The topological polar surface area (TPSA) is 55.4 Å². The third-order valence-electron chi connectivity index (χ3n) is 3.24. The summed E-state index contributed by atoms with van der Waals surface area (Å²) in [4.78, 5) is 23.7. The zero-order valence-electron chi connectivity index (χ0n) is 11.1. The molecule has 0 unspecified atom stereocenters. The van der Waals surface area contributed by atoms with Gasteiger partial charge in [-0.3, -0.25) is 4.79 Å². The number of thioether (sulfide) groups is 1. The Balaban J connectivity index is 2.11. The monoisotopic (exact) mass is 313 g/mol. The Hall–Kier alpha value is -1.20. The van der Waals surface area contributed by atoms with Gasteiger partial charge in [0, 0.05) is 5.92 Å². The number of esters is 1. The van der Waals surface area contributed by atoms with E-state index in [2.05, 4.69) is 10.1 Å². The van der Waals surface area contributed by atoms with E-state index in [0.717, 1.165) is 24.3 Å². The predicted octanol–water partition coefficient (Wildman–Crippen LogP) is 3.21. The molecule has 20 heavy (non-hydrogen) atoms. The van der Waals surface area contributed by atoms with Gasteiger partial charge in [-0.15, -0.1) is 0 Å². The van der Waals surface area contributed by atoms with Gasteiger partial charge in [0.15, 0.2) is 0 Å². The molecule has 1 aliphatic heterocycles. The van der Waals surface area contributed by atoms with Crippen molar-refractivity contribution >= 4 is 40.9 Å². The summed E-state index contributed by atoms with van der Waals surface area (Å²) in [6, 6.07) is 4.70. The molecule has 1 fully saturated rings. The molecule has 0 bridgehead atoms. The van der Waals surface area contributed by atoms with Crippen molar-refractivity contribution in [2.75, 3.05) is 23.9 Å². The van der Waals surface area contributed by atoms with Crippen LogP contribution in [0.3, 0.4) is 0 Å². The first-order valence-electron chi connectivity index (χ1n) is 6.38. The number of rotatable bonds is 3. The standard InChI is InChI=1S/C14H16ClNO3S/c1-19-14(18)10-2-3-11(15)12(8-10)16-13(17)9-4-6-20-7-5-9/h2-3,8-9H,4-7H2,1H3,(H,16,17). The maximum absolute atomic E-state index is 12.2. The molecule has 1 heterocycles. The van der Waals surface area contributed by atoms with Crippen LogP contribution in [0.4, 0.5) is 5.69 Å². The molecule has 0 aromatic heterocycles. The molecule has 2 rings (SSSR count). The fraction of sp³-hybridized carbons (Fsp3) is 0.429. The normalized spacial score (nSPS) is 15.7. The molecule has 1 N–H and O–H groups in total. The second-order valence-corrected chi connectivity index (χ2v) is 6.19. The molecule has 0 saturated carbocycles. The summed E-state index contributed by atoms with van der Waals surface area (Å²) in [5.41, 5.74) is 0.823. The number of anilines is 1. The number of carbonyl (C=O) groups excluding carboxylic acids is 2. The zero-order valence-corrected chi connectivity index (χ0v) is 12.7. The summed E-state index contributed by atoms with van der Waals surface area (Å²) in [5, 5.41) is 3.22. The molecule has 0 atom stereocenters. The van der Waals surface area contributed by atoms with Crippen LogP contribution in [-0.4, -0.2) is 30.5 Å². The van der Waals surface area contributed by atoms with Crippen molar-refractivity contribution in [2.45, 2.75) is 12.8 Å². The lowest BCUT2D eigenvalue weighted by atomic mass is 10.0. The second-order valence-electron chi connectivity index (χ2n) is 4.56. The lowest BCUT2D eigenvalue weighted by Crippen LogP contribution is -2.26. The number of carbonyl (C=O) groups is 2. The van der Waals surface area contributed by atoms with E-state index in [1.54, 1.807) is 18.2 Å². The molecular formula is C14H16ClNO3S. The van der Waals surface area contributed by atoms with Gasteiger partial charge in [-0.2, -0.15) is 11.8 Å². The summed E-state index contributed by atoms with van der Waals surface area (Å²) in [5.74, 6) is 1.55. The summed E-state index contributed by atoms with van der Waals surface area (Å²) in [7, 11) is 1.31. The number of methoxy groups -OCH3 is 1. The highest BCUT2D eigenvalue weighted by Gasteiger charge is 2.22. The maximum Gasteiger partial charge on any atom is 0.337 e. The number of hydrogen-bond acceptors (Lipinski definition) is 4. The quantitative estimate of drug-likeness (QED) is 0.871. The van der Waals surface area contributed by atoms with Gasteiger partial charge in [0.2, 0.25) is 5.91 Å². The van der Waals surface area contributed by atoms with Crippen molar-refractivity contribution in [1.29, 1.82) is 0 Å². The van der Waals surface area contributed by atoms with E-state index in [0.29, 0.717) is 16.3 Å². The van der Waals surface area contributed by atoms with Gasteiger partial charge in [0.25, 0.3) is 0 Å². The van der Waals surface area contributed by atoms with Crippen LogP contribution in [0.1, 0.15) is 23.2 Å². The summed E-state index contributed by atoms with van der Waals surface area (Å²) in [6.45, 7) is 0. The van der Waals surface area contributed by atoms with E-state index < -0.39 is 5.97 Å². The van der Waals surface area contributed by atoms with E-state index in [4.69, 9.17) is 11.6 Å². The fourth-order valence-electron chi connectivity index (χ4n) is 2.06. The number of halogens is 1. The first-order valence-corrected chi connectivity index (χ1v) is 7.91. The van der Waals surface area contributed by atoms with Crippen molar-refractivity contribution in [3.63, 3.8) is 0 Å². The lowest BCUT2D eigenvalue weighted by Gasteiger charge is -2.21. The highest BCUT2D eigenvalue weighted by Crippen LogP contribution is 2.27. The number of benzene rings is 1. The fourth-order valence-corrected chi connectivity index (χ4v) is 3.33. The first kappa shape index (κ1) is 15.2. The molecule has 1 aromatic carbocycles. The van der Waals surface area contributed by atoms with Crippen LogP contribution in [0.5, 0.6) is 0 Å². The molecule has 1 amide bonds. The number of hydrogen-bond donors (Lipinski definition) is 1. The Kier molecular flexibility index (Phi) is 5.31. The molecule has 0 aliphatic carbocycles. The van der Waals surface area contributed by atoms with Crippen molar-refractivity contribution < 1.29 is 14.3 Å². The van der Waals surface area contributed by atoms with E-state index in [1.165, 1.54) is 7.11 Å². The van der Waals surface area contributed by atoms with E-state index >= 15 is 0 Å². The molecule has 6 heteroatoms.